The molecule has 1 N–H and O–H groups in total. The lowest BCUT2D eigenvalue weighted by Crippen LogP contribution is -2.25. The smallest absolute Gasteiger partial charge is 0.199 e. The average molecular weight is 441 g/mol. The van der Waals surface area contributed by atoms with E-state index in [1.54, 1.807) is 24.7 Å². The molecule has 3 aromatic heterocycles. The Balaban J connectivity index is 1.55. The largest absolute Gasteiger partial charge is 0.495 e. The van der Waals surface area contributed by atoms with Crippen LogP contribution in [0.2, 0.25) is 5.02 Å². The van der Waals surface area contributed by atoms with Gasteiger partial charge in [0.2, 0.25) is 0 Å². The summed E-state index contributed by atoms with van der Waals surface area (Å²) in [5, 5.41) is 5.24. The number of aromatic nitrogens is 2. The Morgan fingerprint density at radius 1 is 1.30 bits per heavy atom. The molecule has 4 aromatic rings. The summed E-state index contributed by atoms with van der Waals surface area (Å²) in [6, 6.07) is 9.53. The maximum Gasteiger partial charge on any atom is 0.199 e. The Kier molecular flexibility index (Phi) is 5.10. The van der Waals surface area contributed by atoms with Gasteiger partial charge in [-0.15, -0.1) is 11.3 Å². The Bertz CT molecular complexity index is 1210. The number of anilines is 1. The SMILES string of the molecule is COc1ccc(CNc2nc(-c3ccco3)nc3sc4c(c23)CCN(C)C4)cc1Cl. The van der Waals surface area contributed by atoms with Crippen molar-refractivity contribution >= 4 is 39.0 Å². The van der Waals surface area contributed by atoms with E-state index in [2.05, 4.69) is 17.3 Å². The lowest BCUT2D eigenvalue weighted by Gasteiger charge is -2.22. The standard InChI is InChI=1S/C22H21ClN4O2S/c1-27-8-7-14-18(12-27)30-22-19(14)21(25-20(26-22)17-4-3-9-29-17)24-11-13-5-6-16(28-2)15(23)10-13/h3-6,9-10H,7-8,11-12H2,1-2H3,(H,24,25,26). The van der Waals surface area contributed by atoms with Gasteiger partial charge in [0, 0.05) is 24.5 Å². The number of rotatable bonds is 5. The Morgan fingerprint density at radius 3 is 2.97 bits per heavy atom. The van der Waals surface area contributed by atoms with Crippen LogP contribution in [0, 0.1) is 0 Å². The number of ether oxygens (including phenoxy) is 1. The van der Waals surface area contributed by atoms with Crippen molar-refractivity contribution < 1.29 is 9.15 Å². The number of hydrogen-bond acceptors (Lipinski definition) is 7. The summed E-state index contributed by atoms with van der Waals surface area (Å²) >= 11 is 8.04. The van der Waals surface area contributed by atoms with Gasteiger partial charge in [-0.1, -0.05) is 17.7 Å². The van der Waals surface area contributed by atoms with Gasteiger partial charge >= 0.3 is 0 Å². The average Bonchev–Trinajstić information content (AvgIpc) is 3.39. The topological polar surface area (TPSA) is 63.4 Å². The number of halogens is 1. The molecule has 0 aliphatic carbocycles. The number of methoxy groups -OCH3 is 1. The first-order valence-electron chi connectivity index (χ1n) is 9.73. The van der Waals surface area contributed by atoms with Crippen molar-refractivity contribution in [2.75, 3.05) is 26.0 Å². The van der Waals surface area contributed by atoms with Gasteiger partial charge in [-0.25, -0.2) is 9.97 Å². The Morgan fingerprint density at radius 2 is 2.20 bits per heavy atom. The van der Waals surface area contributed by atoms with Crippen molar-refractivity contribution in [3.63, 3.8) is 0 Å². The molecule has 154 valence electrons. The van der Waals surface area contributed by atoms with Crippen LogP contribution in [0.4, 0.5) is 5.82 Å². The number of nitrogens with zero attached hydrogens (tertiary/aromatic N) is 3. The van der Waals surface area contributed by atoms with Crippen LogP contribution < -0.4 is 10.1 Å². The summed E-state index contributed by atoms with van der Waals surface area (Å²) in [6.45, 7) is 2.57. The Labute approximate surface area is 183 Å². The number of benzene rings is 1. The van der Waals surface area contributed by atoms with Crippen LogP contribution in [-0.4, -0.2) is 35.6 Å². The van der Waals surface area contributed by atoms with Gasteiger partial charge in [-0.2, -0.15) is 0 Å². The predicted molar refractivity (Wildman–Crippen MR) is 120 cm³/mol. The van der Waals surface area contributed by atoms with Crippen molar-refractivity contribution in [2.45, 2.75) is 19.5 Å². The number of likely N-dealkylation sites (N-methyl/N-ethyl adjacent to an activating group) is 1. The van der Waals surface area contributed by atoms with Crippen LogP contribution in [0.5, 0.6) is 5.75 Å². The highest BCUT2D eigenvalue weighted by Crippen LogP contribution is 2.39. The molecule has 8 heteroatoms. The minimum absolute atomic E-state index is 0.592. The zero-order valence-electron chi connectivity index (χ0n) is 16.7. The van der Waals surface area contributed by atoms with Crippen LogP contribution in [0.3, 0.4) is 0 Å². The van der Waals surface area contributed by atoms with E-state index >= 15 is 0 Å². The van der Waals surface area contributed by atoms with Crippen LogP contribution in [0.1, 0.15) is 16.0 Å². The minimum atomic E-state index is 0.592. The summed E-state index contributed by atoms with van der Waals surface area (Å²) in [6.07, 6.45) is 2.64. The van der Waals surface area contributed by atoms with Gasteiger partial charge in [0.25, 0.3) is 0 Å². The third-order valence-electron chi connectivity index (χ3n) is 5.31. The van der Waals surface area contributed by atoms with E-state index in [0.29, 0.717) is 28.9 Å². The molecule has 0 saturated heterocycles. The van der Waals surface area contributed by atoms with Crippen molar-refractivity contribution in [3.05, 3.63) is 57.6 Å². The molecule has 0 unspecified atom stereocenters. The molecule has 1 aliphatic heterocycles. The first-order valence-corrected chi connectivity index (χ1v) is 10.9. The lowest BCUT2D eigenvalue weighted by atomic mass is 10.1. The molecule has 6 nitrogen and oxygen atoms in total. The van der Waals surface area contributed by atoms with Crippen molar-refractivity contribution in [1.29, 1.82) is 0 Å². The van der Waals surface area contributed by atoms with E-state index < -0.39 is 0 Å². The first-order chi connectivity index (χ1) is 14.6. The van der Waals surface area contributed by atoms with Crippen LogP contribution in [0.25, 0.3) is 21.8 Å². The van der Waals surface area contributed by atoms with Crippen molar-refractivity contribution in [2.24, 2.45) is 0 Å². The fourth-order valence-electron chi connectivity index (χ4n) is 3.77. The molecule has 0 spiro atoms. The minimum Gasteiger partial charge on any atom is -0.495 e. The lowest BCUT2D eigenvalue weighted by molar-refractivity contribution is 0.318. The normalized spacial score (nSPS) is 14.1. The molecule has 0 fully saturated rings. The number of hydrogen-bond donors (Lipinski definition) is 1. The highest BCUT2D eigenvalue weighted by Gasteiger charge is 2.23. The van der Waals surface area contributed by atoms with Gasteiger partial charge in [0.1, 0.15) is 16.4 Å². The maximum absolute atomic E-state index is 6.30. The van der Waals surface area contributed by atoms with Crippen molar-refractivity contribution in [1.82, 2.24) is 14.9 Å². The molecule has 5 rings (SSSR count). The van der Waals surface area contributed by atoms with E-state index in [0.717, 1.165) is 41.1 Å². The molecule has 0 amide bonds. The fraction of sp³-hybridized carbons (Fsp3) is 0.273. The summed E-state index contributed by atoms with van der Waals surface area (Å²) in [5.41, 5.74) is 2.41. The van der Waals surface area contributed by atoms with E-state index in [-0.39, 0.29) is 0 Å². The second kappa shape index (κ2) is 7.91. The molecule has 1 aromatic carbocycles. The van der Waals surface area contributed by atoms with Crippen LogP contribution in [-0.2, 0) is 19.5 Å². The quantitative estimate of drug-likeness (QED) is 0.459. The third kappa shape index (κ3) is 3.53. The molecule has 0 atom stereocenters. The van der Waals surface area contributed by atoms with E-state index in [4.69, 9.17) is 30.7 Å². The number of nitrogens with one attached hydrogen (secondary N) is 1. The van der Waals surface area contributed by atoms with Gasteiger partial charge in [-0.05, 0) is 48.9 Å². The maximum atomic E-state index is 6.30. The number of furan rings is 1. The summed E-state index contributed by atoms with van der Waals surface area (Å²) < 4.78 is 10.8. The molecular weight excluding hydrogens is 420 g/mol. The predicted octanol–water partition coefficient (Wildman–Crippen LogP) is 5.21. The molecule has 0 radical (unpaired) electrons. The second-order valence-corrected chi connectivity index (χ2v) is 8.86. The van der Waals surface area contributed by atoms with E-state index in [1.807, 2.05) is 30.3 Å². The zero-order valence-corrected chi connectivity index (χ0v) is 18.3. The second-order valence-electron chi connectivity index (χ2n) is 7.37. The fourth-order valence-corrected chi connectivity index (χ4v) is 5.35. The van der Waals surface area contributed by atoms with Gasteiger partial charge < -0.3 is 19.4 Å². The third-order valence-corrected chi connectivity index (χ3v) is 6.71. The molecule has 30 heavy (non-hydrogen) atoms. The van der Waals surface area contributed by atoms with Crippen molar-refractivity contribution in [3.8, 4) is 17.3 Å². The summed E-state index contributed by atoms with van der Waals surface area (Å²) in [5.74, 6) is 2.76. The number of fused-ring (bicyclic) bond motifs is 3. The molecule has 4 heterocycles. The van der Waals surface area contributed by atoms with Gasteiger partial charge in [-0.3, -0.25) is 0 Å². The first kappa shape index (κ1) is 19.4. The monoisotopic (exact) mass is 440 g/mol. The van der Waals surface area contributed by atoms with Gasteiger partial charge in [0.15, 0.2) is 11.6 Å². The van der Waals surface area contributed by atoms with E-state index in [1.165, 1.54) is 10.4 Å². The highest BCUT2D eigenvalue weighted by atomic mass is 35.5. The molecular formula is C22H21ClN4O2S. The summed E-state index contributed by atoms with van der Waals surface area (Å²) in [4.78, 5) is 14.3. The highest BCUT2D eigenvalue weighted by molar-refractivity contribution is 7.19. The Hall–Kier alpha value is -2.61. The zero-order chi connectivity index (χ0) is 20.7. The van der Waals surface area contributed by atoms with Gasteiger partial charge in [0.05, 0.1) is 23.8 Å². The number of thiophene rings is 1. The van der Waals surface area contributed by atoms with Crippen LogP contribution in [0.15, 0.2) is 41.0 Å². The van der Waals surface area contributed by atoms with Crippen LogP contribution >= 0.6 is 22.9 Å². The summed E-state index contributed by atoms with van der Waals surface area (Å²) in [7, 11) is 3.77. The molecule has 0 saturated carbocycles. The molecule has 0 bridgehead atoms. The molecule has 1 aliphatic rings. The van der Waals surface area contributed by atoms with E-state index in [9.17, 15) is 0 Å².